The van der Waals surface area contributed by atoms with Crippen LogP contribution in [-0.4, -0.2) is 4.92 Å². The van der Waals surface area contributed by atoms with Crippen LogP contribution in [0.4, 0.5) is 24.5 Å². The van der Waals surface area contributed by atoms with Gasteiger partial charge in [0.2, 0.25) is 0 Å². The van der Waals surface area contributed by atoms with Crippen LogP contribution < -0.4 is 5.32 Å². The average Bonchev–Trinajstić information content (AvgIpc) is 2.41. The molecule has 0 aromatic heterocycles. The van der Waals surface area contributed by atoms with Crippen LogP contribution in [0.15, 0.2) is 36.4 Å². The van der Waals surface area contributed by atoms with Gasteiger partial charge in [-0.2, -0.15) is 0 Å². The molecule has 0 unspecified atom stereocenters. The molecule has 0 aliphatic rings. The van der Waals surface area contributed by atoms with Gasteiger partial charge < -0.3 is 5.32 Å². The van der Waals surface area contributed by atoms with E-state index in [4.69, 9.17) is 0 Å². The Morgan fingerprint density at radius 3 is 2.45 bits per heavy atom. The highest BCUT2D eigenvalue weighted by Crippen LogP contribution is 2.25. The van der Waals surface area contributed by atoms with Gasteiger partial charge in [0.25, 0.3) is 5.69 Å². The number of rotatable bonds is 4. The first kappa shape index (κ1) is 13.9. The largest absolute Gasteiger partial charge is 0.375 e. The summed E-state index contributed by atoms with van der Waals surface area (Å²) in [6, 6.07) is 6.37. The van der Waals surface area contributed by atoms with Crippen molar-refractivity contribution in [3.8, 4) is 0 Å². The molecule has 0 aliphatic heterocycles. The molecular formula is C13H9F3N2O2. The summed E-state index contributed by atoms with van der Waals surface area (Å²) in [5, 5.41) is 13.5. The molecule has 0 saturated carbocycles. The number of hydrogen-bond donors (Lipinski definition) is 1. The molecule has 0 bridgehead atoms. The van der Waals surface area contributed by atoms with Gasteiger partial charge in [0.05, 0.1) is 11.0 Å². The molecule has 0 saturated heterocycles. The van der Waals surface area contributed by atoms with E-state index in [1.54, 1.807) is 0 Å². The predicted octanol–water partition coefficient (Wildman–Crippen LogP) is 3.62. The fourth-order valence-corrected chi connectivity index (χ4v) is 1.65. The predicted molar refractivity (Wildman–Crippen MR) is 66.7 cm³/mol. The maximum absolute atomic E-state index is 13.0. The molecular weight excluding hydrogens is 273 g/mol. The van der Waals surface area contributed by atoms with E-state index < -0.39 is 28.1 Å². The maximum atomic E-state index is 13.0. The molecule has 104 valence electrons. The Hall–Kier alpha value is -2.57. The summed E-state index contributed by atoms with van der Waals surface area (Å²) in [5.41, 5.74) is 0.0799. The van der Waals surface area contributed by atoms with Crippen molar-refractivity contribution in [1.82, 2.24) is 0 Å². The first-order valence-corrected chi connectivity index (χ1v) is 5.59. The minimum Gasteiger partial charge on any atom is -0.375 e. The molecule has 0 spiro atoms. The third-order valence-electron chi connectivity index (χ3n) is 2.62. The Balaban J connectivity index is 2.18. The summed E-state index contributed by atoms with van der Waals surface area (Å²) in [6.07, 6.45) is 0. The van der Waals surface area contributed by atoms with Gasteiger partial charge in [0, 0.05) is 6.54 Å². The zero-order chi connectivity index (χ0) is 14.7. The Morgan fingerprint density at radius 2 is 1.80 bits per heavy atom. The number of nitro groups is 1. The summed E-state index contributed by atoms with van der Waals surface area (Å²) in [5.74, 6) is -2.70. The average molecular weight is 282 g/mol. The second-order valence-corrected chi connectivity index (χ2v) is 4.02. The normalized spacial score (nSPS) is 10.3. The van der Waals surface area contributed by atoms with Crippen LogP contribution in [-0.2, 0) is 6.54 Å². The molecule has 20 heavy (non-hydrogen) atoms. The standard InChI is InChI=1S/C13H9F3N2O2/c14-9-2-4-12(13(6-9)18(19)20)17-7-8-1-3-10(15)11(16)5-8/h1-6,17H,7H2. The molecule has 7 heteroatoms. The molecule has 0 amide bonds. The number of anilines is 1. The van der Waals surface area contributed by atoms with E-state index in [9.17, 15) is 23.3 Å². The second-order valence-electron chi connectivity index (χ2n) is 4.02. The van der Waals surface area contributed by atoms with Gasteiger partial charge in [-0.15, -0.1) is 0 Å². The highest BCUT2D eigenvalue weighted by atomic mass is 19.2. The quantitative estimate of drug-likeness (QED) is 0.688. The molecule has 2 aromatic rings. The van der Waals surface area contributed by atoms with Crippen molar-refractivity contribution in [1.29, 1.82) is 0 Å². The zero-order valence-electron chi connectivity index (χ0n) is 10.1. The fourth-order valence-electron chi connectivity index (χ4n) is 1.65. The number of halogens is 3. The lowest BCUT2D eigenvalue weighted by Crippen LogP contribution is -2.03. The summed E-state index contributed by atoms with van der Waals surface area (Å²) in [7, 11) is 0. The van der Waals surface area contributed by atoms with Crippen LogP contribution in [0.25, 0.3) is 0 Å². The fraction of sp³-hybridized carbons (Fsp3) is 0.0769. The minimum atomic E-state index is -1.00. The summed E-state index contributed by atoms with van der Waals surface area (Å²) >= 11 is 0. The Morgan fingerprint density at radius 1 is 1.05 bits per heavy atom. The molecule has 1 N–H and O–H groups in total. The topological polar surface area (TPSA) is 55.2 Å². The second kappa shape index (κ2) is 5.60. The smallest absolute Gasteiger partial charge is 0.295 e. The van der Waals surface area contributed by atoms with Crippen molar-refractivity contribution in [2.75, 3.05) is 5.32 Å². The van der Waals surface area contributed by atoms with E-state index >= 15 is 0 Å². The van der Waals surface area contributed by atoms with Gasteiger partial charge in [0.1, 0.15) is 11.5 Å². The number of nitrogens with zero attached hydrogens (tertiary/aromatic N) is 1. The van der Waals surface area contributed by atoms with Crippen molar-refractivity contribution >= 4 is 11.4 Å². The van der Waals surface area contributed by atoms with E-state index in [-0.39, 0.29) is 12.2 Å². The van der Waals surface area contributed by atoms with E-state index in [1.807, 2.05) is 0 Å². The molecule has 4 nitrogen and oxygen atoms in total. The van der Waals surface area contributed by atoms with Gasteiger partial charge in [-0.3, -0.25) is 10.1 Å². The lowest BCUT2D eigenvalue weighted by atomic mass is 10.2. The Kier molecular flexibility index (Phi) is 3.88. The molecule has 0 atom stereocenters. The van der Waals surface area contributed by atoms with Crippen LogP contribution in [0.1, 0.15) is 5.56 Å². The van der Waals surface area contributed by atoms with Gasteiger partial charge in [-0.05, 0) is 29.8 Å². The van der Waals surface area contributed by atoms with Gasteiger partial charge in [-0.25, -0.2) is 13.2 Å². The molecule has 2 rings (SSSR count). The van der Waals surface area contributed by atoms with Crippen LogP contribution in [0, 0.1) is 27.6 Å². The third kappa shape index (κ3) is 3.05. The summed E-state index contributed by atoms with van der Waals surface area (Å²) < 4.78 is 38.7. The zero-order valence-corrected chi connectivity index (χ0v) is 10.1. The molecule has 2 aromatic carbocycles. The first-order chi connectivity index (χ1) is 9.47. The number of hydrogen-bond acceptors (Lipinski definition) is 3. The van der Waals surface area contributed by atoms with Crippen molar-refractivity contribution in [3.05, 3.63) is 69.5 Å². The molecule has 0 radical (unpaired) electrons. The van der Waals surface area contributed by atoms with Crippen LogP contribution in [0.3, 0.4) is 0 Å². The van der Waals surface area contributed by atoms with Crippen molar-refractivity contribution in [2.24, 2.45) is 0 Å². The molecule has 0 fully saturated rings. The van der Waals surface area contributed by atoms with Crippen molar-refractivity contribution in [2.45, 2.75) is 6.54 Å². The first-order valence-electron chi connectivity index (χ1n) is 5.59. The summed E-state index contributed by atoms with van der Waals surface area (Å²) in [4.78, 5) is 10.0. The van der Waals surface area contributed by atoms with E-state index in [0.717, 1.165) is 24.3 Å². The lowest BCUT2D eigenvalue weighted by Gasteiger charge is -2.07. The number of nitro benzene ring substituents is 1. The monoisotopic (exact) mass is 282 g/mol. The maximum Gasteiger partial charge on any atom is 0.295 e. The van der Waals surface area contributed by atoms with Crippen molar-refractivity contribution in [3.63, 3.8) is 0 Å². The van der Waals surface area contributed by atoms with Gasteiger partial charge in [0.15, 0.2) is 11.6 Å². The number of nitrogens with one attached hydrogen (secondary N) is 1. The van der Waals surface area contributed by atoms with Crippen LogP contribution >= 0.6 is 0 Å². The molecule has 0 heterocycles. The minimum absolute atomic E-state index is 0.0453. The van der Waals surface area contributed by atoms with E-state index in [0.29, 0.717) is 5.56 Å². The van der Waals surface area contributed by atoms with Gasteiger partial charge in [-0.1, -0.05) is 6.07 Å². The highest BCUT2D eigenvalue weighted by Gasteiger charge is 2.14. The van der Waals surface area contributed by atoms with Crippen LogP contribution in [0.5, 0.6) is 0 Å². The van der Waals surface area contributed by atoms with E-state index in [2.05, 4.69) is 5.32 Å². The third-order valence-corrected chi connectivity index (χ3v) is 2.62. The lowest BCUT2D eigenvalue weighted by molar-refractivity contribution is -0.384. The van der Waals surface area contributed by atoms with Crippen molar-refractivity contribution < 1.29 is 18.1 Å². The molecule has 0 aliphatic carbocycles. The van der Waals surface area contributed by atoms with E-state index in [1.165, 1.54) is 12.1 Å². The Bertz CT molecular complexity index is 662. The number of benzene rings is 2. The van der Waals surface area contributed by atoms with Crippen LogP contribution in [0.2, 0.25) is 0 Å². The van der Waals surface area contributed by atoms with Gasteiger partial charge >= 0.3 is 0 Å². The Labute approximate surface area is 112 Å². The highest BCUT2D eigenvalue weighted by molar-refractivity contribution is 5.61. The SMILES string of the molecule is O=[N+]([O-])c1cc(F)ccc1NCc1ccc(F)c(F)c1. The summed E-state index contributed by atoms with van der Waals surface area (Å²) in [6.45, 7) is 0.0453.